The summed E-state index contributed by atoms with van der Waals surface area (Å²) < 4.78 is 15.6. The molecule has 0 spiro atoms. The zero-order valence-electron chi connectivity index (χ0n) is 11.2. The Morgan fingerprint density at radius 2 is 1.79 bits per heavy atom. The van der Waals surface area contributed by atoms with E-state index in [2.05, 4.69) is 15.9 Å². The van der Waals surface area contributed by atoms with Crippen molar-refractivity contribution < 1.29 is 23.8 Å². The number of ketones is 1. The zero-order valence-corrected chi connectivity index (χ0v) is 12.8. The summed E-state index contributed by atoms with van der Waals surface area (Å²) in [5.41, 5.74) is 0.856. The van der Waals surface area contributed by atoms with Gasteiger partial charge in [0.2, 0.25) is 0 Å². The van der Waals surface area contributed by atoms with Gasteiger partial charge in [-0.3, -0.25) is 4.79 Å². The lowest BCUT2D eigenvalue weighted by Gasteiger charge is -2.14. The lowest BCUT2D eigenvalue weighted by Crippen LogP contribution is -2.18. The van der Waals surface area contributed by atoms with Crippen LogP contribution in [-0.4, -0.2) is 32.6 Å². The van der Waals surface area contributed by atoms with Crippen LogP contribution in [0.15, 0.2) is 10.5 Å². The minimum absolute atomic E-state index is 0.142. The quantitative estimate of drug-likeness (QED) is 0.471. The number of benzene rings is 1. The highest BCUT2D eigenvalue weighted by Crippen LogP contribution is 2.40. The molecule has 0 radical (unpaired) electrons. The van der Waals surface area contributed by atoms with E-state index in [-0.39, 0.29) is 17.9 Å². The van der Waals surface area contributed by atoms with E-state index in [0.717, 1.165) is 0 Å². The molecule has 19 heavy (non-hydrogen) atoms. The van der Waals surface area contributed by atoms with Gasteiger partial charge in [-0.2, -0.15) is 0 Å². The molecule has 0 saturated carbocycles. The van der Waals surface area contributed by atoms with Crippen molar-refractivity contribution in [3.63, 3.8) is 0 Å². The molecule has 0 aliphatic carbocycles. The number of aryl methyl sites for hydroxylation is 1. The van der Waals surface area contributed by atoms with Gasteiger partial charge in [0.25, 0.3) is 5.78 Å². The molecule has 0 atom stereocenters. The Morgan fingerprint density at radius 3 is 2.26 bits per heavy atom. The van der Waals surface area contributed by atoms with Gasteiger partial charge < -0.3 is 14.2 Å². The molecule has 0 saturated heterocycles. The molecule has 0 N–H and O–H groups in total. The normalized spacial score (nSPS) is 9.95. The molecule has 0 unspecified atom stereocenters. The van der Waals surface area contributed by atoms with Crippen LogP contribution in [-0.2, 0) is 9.53 Å². The van der Waals surface area contributed by atoms with Gasteiger partial charge in [-0.1, -0.05) is 0 Å². The highest BCUT2D eigenvalue weighted by molar-refractivity contribution is 9.10. The maximum atomic E-state index is 12.0. The Labute approximate surface area is 120 Å². The molecule has 0 aromatic heterocycles. The average Bonchev–Trinajstić information content (AvgIpc) is 2.38. The van der Waals surface area contributed by atoms with Crippen molar-refractivity contribution in [2.45, 2.75) is 13.8 Å². The van der Waals surface area contributed by atoms with Crippen molar-refractivity contribution in [3.05, 3.63) is 21.7 Å². The minimum Gasteiger partial charge on any atom is -0.495 e. The van der Waals surface area contributed by atoms with Crippen LogP contribution in [0.2, 0.25) is 0 Å². The number of Topliss-reactive ketones (excluding diaryl/α,β-unsaturated/α-hetero) is 1. The van der Waals surface area contributed by atoms with E-state index < -0.39 is 11.8 Å². The van der Waals surface area contributed by atoms with Gasteiger partial charge in [0.05, 0.1) is 26.4 Å². The van der Waals surface area contributed by atoms with Crippen molar-refractivity contribution >= 4 is 27.7 Å². The standard InChI is InChI=1S/C13H15BrO5/c1-5-19-13(16)10(15)8-6-7(2)11(17-3)9(14)12(8)18-4/h6H,5H2,1-4H3. The van der Waals surface area contributed by atoms with Gasteiger partial charge in [-0.25, -0.2) is 4.79 Å². The number of carbonyl (C=O) groups is 2. The smallest absolute Gasteiger partial charge is 0.379 e. The van der Waals surface area contributed by atoms with Crippen LogP contribution in [0.1, 0.15) is 22.8 Å². The van der Waals surface area contributed by atoms with Crippen LogP contribution in [0.25, 0.3) is 0 Å². The minimum atomic E-state index is -0.905. The predicted octanol–water partition coefficient (Wildman–Crippen LogP) is 2.52. The maximum absolute atomic E-state index is 12.0. The second-order valence-corrected chi connectivity index (χ2v) is 4.46. The Kier molecular flexibility index (Phi) is 5.35. The number of esters is 1. The summed E-state index contributed by atoms with van der Waals surface area (Å²) in [6.07, 6.45) is 0. The van der Waals surface area contributed by atoms with Crippen LogP contribution >= 0.6 is 15.9 Å². The second kappa shape index (κ2) is 6.56. The van der Waals surface area contributed by atoms with Crippen molar-refractivity contribution in [2.24, 2.45) is 0 Å². The van der Waals surface area contributed by atoms with Crippen LogP contribution in [0.4, 0.5) is 0 Å². The number of ether oxygens (including phenoxy) is 3. The van der Waals surface area contributed by atoms with E-state index in [1.165, 1.54) is 14.2 Å². The first-order chi connectivity index (χ1) is 8.97. The zero-order chi connectivity index (χ0) is 14.6. The fourth-order valence-electron chi connectivity index (χ4n) is 1.67. The van der Waals surface area contributed by atoms with Crippen LogP contribution < -0.4 is 9.47 Å². The number of carbonyl (C=O) groups excluding carboxylic acids is 2. The van der Waals surface area contributed by atoms with Gasteiger partial charge in [0.15, 0.2) is 0 Å². The number of rotatable bonds is 5. The molecule has 6 heteroatoms. The monoisotopic (exact) mass is 330 g/mol. The Bertz CT molecular complexity index is 510. The van der Waals surface area contributed by atoms with Gasteiger partial charge in [-0.15, -0.1) is 0 Å². The first-order valence-electron chi connectivity index (χ1n) is 5.60. The van der Waals surface area contributed by atoms with Crippen molar-refractivity contribution in [3.8, 4) is 11.5 Å². The maximum Gasteiger partial charge on any atom is 0.379 e. The van der Waals surface area contributed by atoms with Gasteiger partial charge in [0.1, 0.15) is 16.0 Å². The lowest BCUT2D eigenvalue weighted by atomic mass is 10.1. The van der Waals surface area contributed by atoms with E-state index >= 15 is 0 Å². The van der Waals surface area contributed by atoms with Gasteiger partial charge >= 0.3 is 5.97 Å². The number of methoxy groups -OCH3 is 2. The van der Waals surface area contributed by atoms with E-state index in [4.69, 9.17) is 14.2 Å². The molecular weight excluding hydrogens is 316 g/mol. The SMILES string of the molecule is CCOC(=O)C(=O)c1cc(C)c(OC)c(Br)c1OC. The molecule has 0 amide bonds. The van der Waals surface area contributed by atoms with E-state index in [1.807, 2.05) is 0 Å². The largest absolute Gasteiger partial charge is 0.495 e. The summed E-state index contributed by atoms with van der Waals surface area (Å²) in [6, 6.07) is 1.54. The lowest BCUT2D eigenvalue weighted by molar-refractivity contribution is -0.137. The summed E-state index contributed by atoms with van der Waals surface area (Å²) in [5.74, 6) is -0.847. The molecule has 5 nitrogen and oxygen atoms in total. The number of hydrogen-bond donors (Lipinski definition) is 0. The third-order valence-corrected chi connectivity index (χ3v) is 3.20. The molecule has 0 aliphatic rings. The van der Waals surface area contributed by atoms with Crippen molar-refractivity contribution in [1.82, 2.24) is 0 Å². The van der Waals surface area contributed by atoms with E-state index in [9.17, 15) is 9.59 Å². The third-order valence-electron chi connectivity index (χ3n) is 2.48. The number of halogens is 1. The van der Waals surface area contributed by atoms with Crippen molar-refractivity contribution in [1.29, 1.82) is 0 Å². The third kappa shape index (κ3) is 3.07. The van der Waals surface area contributed by atoms with Crippen LogP contribution in [0.5, 0.6) is 11.5 Å². The summed E-state index contributed by atoms with van der Waals surface area (Å²) in [4.78, 5) is 23.5. The molecule has 0 bridgehead atoms. The molecule has 0 fully saturated rings. The molecule has 0 heterocycles. The van der Waals surface area contributed by atoms with Gasteiger partial charge in [-0.05, 0) is 41.4 Å². The summed E-state index contributed by atoms with van der Waals surface area (Å²) >= 11 is 3.31. The summed E-state index contributed by atoms with van der Waals surface area (Å²) in [7, 11) is 2.93. The second-order valence-electron chi connectivity index (χ2n) is 3.67. The topological polar surface area (TPSA) is 61.8 Å². The summed E-state index contributed by atoms with van der Waals surface area (Å²) in [6.45, 7) is 3.55. The fraction of sp³-hybridized carbons (Fsp3) is 0.385. The highest BCUT2D eigenvalue weighted by Gasteiger charge is 2.26. The molecule has 0 aliphatic heterocycles. The number of hydrogen-bond acceptors (Lipinski definition) is 5. The first-order valence-corrected chi connectivity index (χ1v) is 6.39. The Hall–Kier alpha value is -1.56. The highest BCUT2D eigenvalue weighted by atomic mass is 79.9. The average molecular weight is 331 g/mol. The van der Waals surface area contributed by atoms with E-state index in [0.29, 0.717) is 15.8 Å². The van der Waals surface area contributed by atoms with Gasteiger partial charge in [0, 0.05) is 0 Å². The molecule has 1 aromatic rings. The Morgan fingerprint density at radius 1 is 1.21 bits per heavy atom. The fourth-order valence-corrected chi connectivity index (χ4v) is 2.52. The summed E-state index contributed by atoms with van der Waals surface area (Å²) in [5, 5.41) is 0. The van der Waals surface area contributed by atoms with Crippen molar-refractivity contribution in [2.75, 3.05) is 20.8 Å². The molecule has 1 rings (SSSR count). The van der Waals surface area contributed by atoms with E-state index in [1.54, 1.807) is 19.9 Å². The first kappa shape index (κ1) is 15.5. The van der Waals surface area contributed by atoms with Crippen LogP contribution in [0.3, 0.4) is 0 Å². The molecular formula is C13H15BrO5. The Balaban J connectivity index is 3.36. The molecule has 1 aromatic carbocycles. The molecule has 104 valence electrons. The van der Waals surface area contributed by atoms with Crippen LogP contribution in [0, 0.1) is 6.92 Å². The predicted molar refractivity (Wildman–Crippen MR) is 72.9 cm³/mol.